The first-order chi connectivity index (χ1) is 7.27. The van der Waals surface area contributed by atoms with Crippen molar-refractivity contribution in [2.45, 2.75) is 0 Å². The Morgan fingerprint density at radius 3 is 2.80 bits per heavy atom. The van der Waals surface area contributed by atoms with Crippen molar-refractivity contribution in [3.8, 4) is 11.6 Å². The second kappa shape index (κ2) is 3.91. The minimum Gasteiger partial charge on any atom is -0.434 e. The van der Waals surface area contributed by atoms with Gasteiger partial charge in [-0.25, -0.2) is 14.4 Å². The molecule has 5 heteroatoms. The number of benzene rings is 1. The van der Waals surface area contributed by atoms with E-state index in [0.29, 0.717) is 0 Å². The number of rotatable bonds is 2. The van der Waals surface area contributed by atoms with Gasteiger partial charge < -0.3 is 10.5 Å². The number of para-hydroxylation sites is 1. The fraction of sp³-hybridized carbons (Fsp3) is 0. The number of aromatic nitrogens is 2. The molecule has 0 saturated heterocycles. The minimum atomic E-state index is -0.520. The molecule has 1 aromatic heterocycles. The molecule has 0 aliphatic carbocycles. The van der Waals surface area contributed by atoms with E-state index in [4.69, 9.17) is 10.5 Å². The van der Waals surface area contributed by atoms with Crippen LogP contribution in [0.4, 0.5) is 10.1 Å². The normalized spacial score (nSPS) is 9.93. The van der Waals surface area contributed by atoms with Gasteiger partial charge in [0, 0.05) is 12.3 Å². The zero-order chi connectivity index (χ0) is 10.7. The minimum absolute atomic E-state index is 0.0174. The molecule has 4 nitrogen and oxygen atoms in total. The smallest absolute Gasteiger partial charge is 0.222 e. The van der Waals surface area contributed by atoms with E-state index in [-0.39, 0.29) is 17.3 Å². The highest BCUT2D eigenvalue weighted by molar-refractivity contribution is 5.53. The molecule has 76 valence electrons. The molecule has 0 aliphatic rings. The van der Waals surface area contributed by atoms with E-state index in [0.717, 1.165) is 0 Å². The number of ether oxygens (including phenoxy) is 1. The highest BCUT2D eigenvalue weighted by Gasteiger charge is 2.08. The van der Waals surface area contributed by atoms with Gasteiger partial charge in [-0.05, 0) is 12.1 Å². The van der Waals surface area contributed by atoms with Gasteiger partial charge in [0.05, 0.1) is 5.69 Å². The quantitative estimate of drug-likeness (QED) is 0.761. The van der Waals surface area contributed by atoms with Gasteiger partial charge in [-0.1, -0.05) is 6.07 Å². The third-order valence-corrected chi connectivity index (χ3v) is 1.76. The Morgan fingerprint density at radius 2 is 2.13 bits per heavy atom. The summed E-state index contributed by atoms with van der Waals surface area (Å²) in [7, 11) is 0. The lowest BCUT2D eigenvalue weighted by Gasteiger charge is -2.07. The Morgan fingerprint density at radius 1 is 1.27 bits per heavy atom. The summed E-state index contributed by atoms with van der Waals surface area (Å²) in [6.45, 7) is 0. The predicted octanol–water partition coefficient (Wildman–Crippen LogP) is 1.99. The molecule has 0 radical (unpaired) electrons. The number of halogens is 1. The van der Waals surface area contributed by atoms with Crippen molar-refractivity contribution in [2.24, 2.45) is 0 Å². The summed E-state index contributed by atoms with van der Waals surface area (Å²) in [6, 6.07) is 5.86. The molecule has 0 spiro atoms. The first kappa shape index (κ1) is 9.39. The molecule has 0 atom stereocenters. The average Bonchev–Trinajstić information content (AvgIpc) is 2.25. The monoisotopic (exact) mass is 205 g/mol. The molecule has 15 heavy (non-hydrogen) atoms. The zero-order valence-electron chi connectivity index (χ0n) is 7.72. The van der Waals surface area contributed by atoms with Crippen LogP contribution in [-0.4, -0.2) is 9.97 Å². The molecular weight excluding hydrogens is 197 g/mol. The molecular formula is C10H8FN3O. The Kier molecular flexibility index (Phi) is 2.45. The second-order valence-corrected chi connectivity index (χ2v) is 2.81. The number of hydrogen-bond donors (Lipinski definition) is 1. The van der Waals surface area contributed by atoms with Gasteiger partial charge in [0.25, 0.3) is 0 Å². The largest absolute Gasteiger partial charge is 0.434 e. The van der Waals surface area contributed by atoms with E-state index in [1.165, 1.54) is 30.7 Å². The molecule has 0 bridgehead atoms. The molecule has 0 saturated carbocycles. The molecule has 1 aromatic carbocycles. The van der Waals surface area contributed by atoms with Crippen molar-refractivity contribution in [3.05, 3.63) is 42.6 Å². The van der Waals surface area contributed by atoms with E-state index < -0.39 is 5.82 Å². The molecule has 0 fully saturated rings. The molecule has 0 aliphatic heterocycles. The van der Waals surface area contributed by atoms with Crippen molar-refractivity contribution in [1.29, 1.82) is 0 Å². The third kappa shape index (κ3) is 2.01. The molecule has 0 unspecified atom stereocenters. The Hall–Kier alpha value is -2.17. The van der Waals surface area contributed by atoms with Gasteiger partial charge in [-0.3, -0.25) is 0 Å². The van der Waals surface area contributed by atoms with Crippen molar-refractivity contribution in [2.75, 3.05) is 5.73 Å². The van der Waals surface area contributed by atoms with Crippen LogP contribution in [0.1, 0.15) is 0 Å². The topological polar surface area (TPSA) is 61.0 Å². The maximum Gasteiger partial charge on any atom is 0.222 e. The summed E-state index contributed by atoms with van der Waals surface area (Å²) in [5.41, 5.74) is 5.79. The van der Waals surface area contributed by atoms with Gasteiger partial charge in [0.15, 0.2) is 11.6 Å². The SMILES string of the molecule is Nc1cccc(F)c1Oc1ccncn1. The van der Waals surface area contributed by atoms with E-state index in [2.05, 4.69) is 9.97 Å². The fourth-order valence-electron chi connectivity index (χ4n) is 1.08. The van der Waals surface area contributed by atoms with Gasteiger partial charge in [0.2, 0.25) is 5.88 Å². The van der Waals surface area contributed by atoms with Crippen LogP contribution >= 0.6 is 0 Å². The number of hydrogen-bond acceptors (Lipinski definition) is 4. The summed E-state index contributed by atoms with van der Waals surface area (Å²) in [5.74, 6) is -0.286. The highest BCUT2D eigenvalue weighted by atomic mass is 19.1. The van der Waals surface area contributed by atoms with Crippen molar-refractivity contribution >= 4 is 5.69 Å². The van der Waals surface area contributed by atoms with Crippen LogP contribution in [0.5, 0.6) is 11.6 Å². The van der Waals surface area contributed by atoms with Crippen LogP contribution in [-0.2, 0) is 0 Å². The van der Waals surface area contributed by atoms with Gasteiger partial charge in [0.1, 0.15) is 6.33 Å². The number of nitrogens with zero attached hydrogens (tertiary/aromatic N) is 2. The second-order valence-electron chi connectivity index (χ2n) is 2.81. The lowest BCUT2D eigenvalue weighted by atomic mass is 10.3. The average molecular weight is 205 g/mol. The maximum atomic E-state index is 13.3. The standard InChI is InChI=1S/C10H8FN3O/c11-7-2-1-3-8(12)10(7)15-9-4-5-13-6-14-9/h1-6H,12H2. The first-order valence-electron chi connectivity index (χ1n) is 4.25. The fourth-order valence-corrected chi connectivity index (χ4v) is 1.08. The van der Waals surface area contributed by atoms with Crippen LogP contribution in [0.3, 0.4) is 0 Å². The van der Waals surface area contributed by atoms with E-state index >= 15 is 0 Å². The van der Waals surface area contributed by atoms with Gasteiger partial charge >= 0.3 is 0 Å². The van der Waals surface area contributed by atoms with E-state index in [1.54, 1.807) is 6.07 Å². The van der Waals surface area contributed by atoms with Crippen molar-refractivity contribution < 1.29 is 9.13 Å². The van der Waals surface area contributed by atoms with Crippen LogP contribution in [0.15, 0.2) is 36.8 Å². The van der Waals surface area contributed by atoms with Gasteiger partial charge in [-0.2, -0.15) is 0 Å². The molecule has 0 amide bonds. The Bertz CT molecular complexity index is 441. The third-order valence-electron chi connectivity index (χ3n) is 1.76. The summed E-state index contributed by atoms with van der Waals surface area (Å²) in [6.07, 6.45) is 2.81. The Labute approximate surface area is 85.5 Å². The summed E-state index contributed by atoms with van der Waals surface area (Å²) in [5, 5.41) is 0. The lowest BCUT2D eigenvalue weighted by molar-refractivity contribution is 0.429. The molecule has 2 aromatic rings. The van der Waals surface area contributed by atoms with Gasteiger partial charge in [-0.15, -0.1) is 0 Å². The molecule has 2 rings (SSSR count). The number of nitrogen functional groups attached to an aromatic ring is 1. The van der Waals surface area contributed by atoms with Crippen molar-refractivity contribution in [3.63, 3.8) is 0 Å². The molecule has 2 N–H and O–H groups in total. The van der Waals surface area contributed by atoms with Crippen LogP contribution in [0.25, 0.3) is 0 Å². The predicted molar refractivity (Wildman–Crippen MR) is 52.9 cm³/mol. The highest BCUT2D eigenvalue weighted by Crippen LogP contribution is 2.28. The van der Waals surface area contributed by atoms with Crippen molar-refractivity contribution in [1.82, 2.24) is 9.97 Å². The van der Waals surface area contributed by atoms with E-state index in [9.17, 15) is 4.39 Å². The lowest BCUT2D eigenvalue weighted by Crippen LogP contribution is -1.96. The summed E-state index contributed by atoms with van der Waals surface area (Å²) < 4.78 is 18.5. The Balaban J connectivity index is 2.32. The van der Waals surface area contributed by atoms with Crippen LogP contribution in [0, 0.1) is 5.82 Å². The first-order valence-corrected chi connectivity index (χ1v) is 4.25. The van der Waals surface area contributed by atoms with Crippen LogP contribution in [0.2, 0.25) is 0 Å². The summed E-state index contributed by atoms with van der Waals surface area (Å²) >= 11 is 0. The van der Waals surface area contributed by atoms with E-state index in [1.807, 2.05) is 0 Å². The number of anilines is 1. The maximum absolute atomic E-state index is 13.3. The summed E-state index contributed by atoms with van der Waals surface area (Å²) in [4.78, 5) is 7.52. The van der Waals surface area contributed by atoms with Crippen LogP contribution < -0.4 is 10.5 Å². The number of nitrogens with two attached hydrogens (primary N) is 1. The molecule has 1 heterocycles. The zero-order valence-corrected chi connectivity index (χ0v) is 7.72.